The van der Waals surface area contributed by atoms with E-state index in [2.05, 4.69) is 156 Å². The molecule has 0 saturated heterocycles. The summed E-state index contributed by atoms with van der Waals surface area (Å²) in [7, 11) is 0. The van der Waals surface area contributed by atoms with Crippen molar-refractivity contribution in [3.8, 4) is 27.9 Å². The van der Waals surface area contributed by atoms with Crippen LogP contribution in [0.5, 0.6) is 0 Å². The second kappa shape index (κ2) is 9.64. The van der Waals surface area contributed by atoms with E-state index < -0.39 is 0 Å². The fraction of sp³-hybridized carbons (Fsp3) is 0. The lowest BCUT2D eigenvalue weighted by Gasteiger charge is -2.08. The molecule has 0 atom stereocenters. The molecule has 10 aromatic rings. The topological polar surface area (TPSA) is 4.93 Å². The van der Waals surface area contributed by atoms with Gasteiger partial charge in [-0.05, 0) is 82.9 Å². The van der Waals surface area contributed by atoms with Crippen LogP contribution in [0, 0.1) is 0 Å². The summed E-state index contributed by atoms with van der Waals surface area (Å²) in [6.07, 6.45) is 0. The summed E-state index contributed by atoms with van der Waals surface area (Å²) in [5, 5.41) is 7.91. The number of para-hydroxylation sites is 2. The molecule has 7 aromatic carbocycles. The summed E-state index contributed by atoms with van der Waals surface area (Å²) < 4.78 is 7.78. The minimum absolute atomic E-state index is 1.20. The highest BCUT2D eigenvalue weighted by molar-refractivity contribution is 7.28. The summed E-state index contributed by atoms with van der Waals surface area (Å²) in [5.74, 6) is 0. The lowest BCUT2D eigenvalue weighted by molar-refractivity contribution is 1.19. The van der Waals surface area contributed by atoms with E-state index in [1.807, 2.05) is 22.7 Å². The molecule has 10 rings (SSSR count). The van der Waals surface area contributed by atoms with Crippen LogP contribution >= 0.6 is 22.7 Å². The molecule has 0 N–H and O–H groups in total. The van der Waals surface area contributed by atoms with Crippen molar-refractivity contribution in [2.75, 3.05) is 0 Å². The van der Waals surface area contributed by atoms with Gasteiger partial charge in [-0.15, -0.1) is 22.7 Å². The van der Waals surface area contributed by atoms with E-state index >= 15 is 0 Å². The molecule has 45 heavy (non-hydrogen) atoms. The molecule has 0 saturated carbocycles. The Labute approximate surface area is 267 Å². The first-order chi connectivity index (χ1) is 22.3. The third-order valence-electron chi connectivity index (χ3n) is 9.19. The smallest absolute Gasteiger partial charge is 0.0541 e. The van der Waals surface area contributed by atoms with Crippen molar-refractivity contribution >= 4 is 84.8 Å². The van der Waals surface area contributed by atoms with Gasteiger partial charge in [0.05, 0.1) is 11.0 Å². The van der Waals surface area contributed by atoms with Gasteiger partial charge in [0.25, 0.3) is 0 Å². The van der Waals surface area contributed by atoms with Crippen LogP contribution in [0.4, 0.5) is 0 Å². The Morgan fingerprint density at radius 1 is 0.311 bits per heavy atom. The second-order valence-electron chi connectivity index (χ2n) is 11.8. The molecule has 0 bridgehead atoms. The minimum Gasteiger partial charge on any atom is -0.309 e. The van der Waals surface area contributed by atoms with Crippen molar-refractivity contribution in [2.24, 2.45) is 0 Å². The second-order valence-corrected chi connectivity index (χ2v) is 13.9. The van der Waals surface area contributed by atoms with Crippen molar-refractivity contribution in [3.05, 3.63) is 152 Å². The van der Waals surface area contributed by atoms with Crippen LogP contribution in [0.25, 0.3) is 90.1 Å². The van der Waals surface area contributed by atoms with E-state index in [-0.39, 0.29) is 0 Å². The van der Waals surface area contributed by atoms with Crippen molar-refractivity contribution < 1.29 is 0 Å². The van der Waals surface area contributed by atoms with Crippen LogP contribution in [0.2, 0.25) is 0 Å². The summed E-state index contributed by atoms with van der Waals surface area (Å²) in [6, 6.07) is 55.8. The Morgan fingerprint density at radius 2 is 0.844 bits per heavy atom. The van der Waals surface area contributed by atoms with Gasteiger partial charge in [-0.25, -0.2) is 0 Å². The average Bonchev–Trinajstić information content (AvgIpc) is 3.76. The monoisotopic (exact) mass is 607 g/mol. The molecule has 3 heterocycles. The maximum absolute atomic E-state index is 2.45. The third-order valence-corrected chi connectivity index (χ3v) is 11.5. The zero-order chi connectivity index (χ0) is 29.5. The predicted octanol–water partition coefficient (Wildman–Crippen LogP) is 12.9. The molecule has 0 spiro atoms. The largest absolute Gasteiger partial charge is 0.309 e. The first-order valence-corrected chi connectivity index (χ1v) is 16.9. The molecule has 0 unspecified atom stereocenters. The molecule has 0 radical (unpaired) electrons. The van der Waals surface area contributed by atoms with E-state index in [4.69, 9.17) is 0 Å². The molecule has 3 aromatic heterocycles. The molecule has 0 aliphatic rings. The standard InChI is InChI=1S/C42H25NS2/c1-2-9-26(10-3-1)27-11-8-12-28(21-27)29-17-19-39-33(22-29)35-24-36-34-23-30(18-20-40(34)45-42(36)25-41(35)44-39)43-37-15-6-4-13-31(37)32-14-5-7-16-38(32)43/h1-25H. The number of hydrogen-bond donors (Lipinski definition) is 0. The molecule has 0 aliphatic carbocycles. The Morgan fingerprint density at radius 3 is 1.56 bits per heavy atom. The highest BCUT2D eigenvalue weighted by Gasteiger charge is 2.15. The van der Waals surface area contributed by atoms with Crippen LogP contribution in [-0.2, 0) is 0 Å². The summed E-state index contributed by atoms with van der Waals surface area (Å²) >= 11 is 3.79. The van der Waals surface area contributed by atoms with Gasteiger partial charge in [-0.3, -0.25) is 0 Å². The summed E-state index contributed by atoms with van der Waals surface area (Å²) in [4.78, 5) is 0. The first-order valence-electron chi connectivity index (χ1n) is 15.3. The lowest BCUT2D eigenvalue weighted by Crippen LogP contribution is -1.93. The normalized spacial score (nSPS) is 12.0. The van der Waals surface area contributed by atoms with Gasteiger partial charge in [0.1, 0.15) is 0 Å². The first kappa shape index (κ1) is 25.1. The van der Waals surface area contributed by atoms with E-state index in [9.17, 15) is 0 Å². The van der Waals surface area contributed by atoms with Gasteiger partial charge in [0.2, 0.25) is 0 Å². The molecule has 1 nitrogen and oxygen atoms in total. The average molecular weight is 608 g/mol. The fourth-order valence-corrected chi connectivity index (χ4v) is 9.35. The van der Waals surface area contributed by atoms with Gasteiger partial charge >= 0.3 is 0 Å². The molecule has 0 aliphatic heterocycles. The van der Waals surface area contributed by atoms with Crippen molar-refractivity contribution in [1.82, 2.24) is 4.57 Å². The fourth-order valence-electron chi connectivity index (χ4n) is 7.06. The molecule has 3 heteroatoms. The number of nitrogens with zero attached hydrogens (tertiary/aromatic N) is 1. The number of thiophene rings is 2. The molecular formula is C42H25NS2. The SMILES string of the molecule is c1ccc(-c2cccc(-c3ccc4sc5cc6sc7ccc(-n8c9ccccc9c9ccccc98)cc7c6cc5c4c3)c2)cc1. The molecule has 0 amide bonds. The predicted molar refractivity (Wildman–Crippen MR) is 197 cm³/mol. The van der Waals surface area contributed by atoms with Crippen molar-refractivity contribution in [2.45, 2.75) is 0 Å². The van der Waals surface area contributed by atoms with Gasteiger partial charge in [-0.2, -0.15) is 0 Å². The number of aromatic nitrogens is 1. The van der Waals surface area contributed by atoms with Crippen molar-refractivity contribution in [1.29, 1.82) is 0 Å². The van der Waals surface area contributed by atoms with Crippen LogP contribution in [0.3, 0.4) is 0 Å². The number of rotatable bonds is 3. The van der Waals surface area contributed by atoms with Crippen LogP contribution in [0.15, 0.2) is 152 Å². The third kappa shape index (κ3) is 3.85. The zero-order valence-electron chi connectivity index (χ0n) is 24.2. The van der Waals surface area contributed by atoms with Crippen LogP contribution in [-0.4, -0.2) is 4.57 Å². The number of benzene rings is 7. The molecule has 210 valence electrons. The quantitative estimate of drug-likeness (QED) is 0.188. The van der Waals surface area contributed by atoms with Gasteiger partial charge in [-0.1, -0.05) is 91.0 Å². The van der Waals surface area contributed by atoms with Gasteiger partial charge in [0, 0.05) is 56.8 Å². The van der Waals surface area contributed by atoms with Gasteiger partial charge in [0.15, 0.2) is 0 Å². The lowest BCUT2D eigenvalue weighted by atomic mass is 9.98. The highest BCUT2D eigenvalue weighted by Crippen LogP contribution is 2.44. The number of hydrogen-bond acceptors (Lipinski definition) is 2. The van der Waals surface area contributed by atoms with E-state index in [0.717, 1.165) is 0 Å². The van der Waals surface area contributed by atoms with Crippen LogP contribution < -0.4 is 0 Å². The highest BCUT2D eigenvalue weighted by atomic mass is 32.1. The van der Waals surface area contributed by atoms with Crippen LogP contribution in [0.1, 0.15) is 0 Å². The Bertz CT molecular complexity index is 2710. The maximum Gasteiger partial charge on any atom is 0.0541 e. The number of fused-ring (bicyclic) bond motifs is 9. The minimum atomic E-state index is 1.20. The summed E-state index contributed by atoms with van der Waals surface area (Å²) in [5.41, 5.74) is 8.68. The Hall–Kier alpha value is -5.22. The van der Waals surface area contributed by atoms with Crippen molar-refractivity contribution in [3.63, 3.8) is 0 Å². The summed E-state index contributed by atoms with van der Waals surface area (Å²) in [6.45, 7) is 0. The molecule has 0 fully saturated rings. The zero-order valence-corrected chi connectivity index (χ0v) is 25.8. The Balaban J connectivity index is 1.16. The van der Waals surface area contributed by atoms with E-state index in [1.54, 1.807) is 0 Å². The van der Waals surface area contributed by atoms with E-state index in [1.165, 1.54) is 90.1 Å². The van der Waals surface area contributed by atoms with E-state index in [0.29, 0.717) is 0 Å². The molecular weight excluding hydrogens is 583 g/mol. The maximum atomic E-state index is 2.45. The van der Waals surface area contributed by atoms with Gasteiger partial charge < -0.3 is 4.57 Å². The Kier molecular flexibility index (Phi) is 5.39.